The predicted octanol–water partition coefficient (Wildman–Crippen LogP) is 4.86. The number of rotatable bonds is 9. The van der Waals surface area contributed by atoms with Crippen molar-refractivity contribution in [3.63, 3.8) is 0 Å². The Morgan fingerprint density at radius 1 is 0.981 bits per heavy atom. The largest absolute Gasteiger partial charge is 0.462 e. The Labute approximate surface area is 304 Å². The van der Waals surface area contributed by atoms with Crippen LogP contribution in [0, 0.1) is 22.7 Å². The van der Waals surface area contributed by atoms with Crippen LogP contribution >= 0.6 is 0 Å². The number of aromatic nitrogens is 1. The van der Waals surface area contributed by atoms with Gasteiger partial charge in [-0.25, -0.2) is 4.79 Å². The fraction of sp³-hybridized carbons (Fsp3) is 0.550. The van der Waals surface area contributed by atoms with Crippen molar-refractivity contribution in [1.29, 1.82) is 0 Å². The minimum Gasteiger partial charge on any atom is -0.462 e. The lowest BCUT2D eigenvalue weighted by Gasteiger charge is -2.60. The zero-order valence-electron chi connectivity index (χ0n) is 30.8. The summed E-state index contributed by atoms with van der Waals surface area (Å²) < 4.78 is 31.6. The quantitative estimate of drug-likeness (QED) is 0.214. The summed E-state index contributed by atoms with van der Waals surface area (Å²) in [4.78, 5) is 71.6. The Morgan fingerprint density at radius 3 is 2.27 bits per heavy atom. The van der Waals surface area contributed by atoms with E-state index in [1.807, 2.05) is 51.1 Å². The third-order valence-corrected chi connectivity index (χ3v) is 11.9. The maximum absolute atomic E-state index is 14.0. The van der Waals surface area contributed by atoms with E-state index in [4.69, 9.17) is 23.7 Å². The van der Waals surface area contributed by atoms with Crippen LogP contribution in [0.15, 0.2) is 66.0 Å². The molecule has 278 valence electrons. The van der Waals surface area contributed by atoms with Crippen molar-refractivity contribution >= 4 is 29.7 Å². The highest BCUT2D eigenvalue weighted by Crippen LogP contribution is 2.65. The first kappa shape index (κ1) is 37.3. The second-order valence-corrected chi connectivity index (χ2v) is 15.4. The van der Waals surface area contributed by atoms with E-state index in [0.717, 1.165) is 5.56 Å². The number of epoxide rings is 1. The minimum atomic E-state index is -1.17. The molecule has 2 aromatic rings. The number of esters is 4. The standard InChI is InChI=1S/C40H48N2O10/c1-22-29(45)18-27-33(49-23(2)43)35-39(6,16-15-30(40(35)21-48-40)51-31(46)19-28(41-7)25-12-9-8-10-13-25)36(52-37(47)26-14-11-17-42-20-26)34(50-24(3)44)32(22)38(27,4)5/h8-14,17,20,27-28,30,33-36,41H,15-16,18-19,21H2,1-7H3/t27-,28+,30+,33-,34-,35-,36+,39+,40-/m0/s1. The van der Waals surface area contributed by atoms with Crippen LogP contribution in [0.3, 0.4) is 0 Å². The molecule has 3 aliphatic carbocycles. The minimum absolute atomic E-state index is 0.0554. The van der Waals surface area contributed by atoms with Crippen LogP contribution in [0.1, 0.15) is 89.2 Å². The van der Waals surface area contributed by atoms with Gasteiger partial charge in [0.25, 0.3) is 0 Å². The zero-order chi connectivity index (χ0) is 37.6. The van der Waals surface area contributed by atoms with Crippen LogP contribution in [-0.4, -0.2) is 78.3 Å². The van der Waals surface area contributed by atoms with Crippen LogP contribution in [0.2, 0.25) is 0 Å². The number of nitrogens with zero attached hydrogens (tertiary/aromatic N) is 1. The van der Waals surface area contributed by atoms with Gasteiger partial charge < -0.3 is 29.0 Å². The van der Waals surface area contributed by atoms with Gasteiger partial charge in [-0.2, -0.15) is 0 Å². The Hall–Kier alpha value is -4.42. The lowest BCUT2D eigenvalue weighted by Crippen LogP contribution is -2.68. The van der Waals surface area contributed by atoms with E-state index in [2.05, 4.69) is 10.3 Å². The molecule has 1 aromatic carbocycles. The van der Waals surface area contributed by atoms with Crippen LogP contribution in [0.5, 0.6) is 0 Å². The number of pyridine rings is 1. The molecule has 0 radical (unpaired) electrons. The molecule has 1 saturated heterocycles. The van der Waals surface area contributed by atoms with Crippen LogP contribution < -0.4 is 5.32 Å². The van der Waals surface area contributed by atoms with Gasteiger partial charge in [-0.15, -0.1) is 0 Å². The number of ketones is 1. The van der Waals surface area contributed by atoms with Crippen LogP contribution in [-0.2, 0) is 42.9 Å². The monoisotopic (exact) mass is 716 g/mol. The topological polar surface area (TPSA) is 160 Å². The first-order chi connectivity index (χ1) is 24.6. The van der Waals surface area contributed by atoms with Gasteiger partial charge in [0.2, 0.25) is 0 Å². The average Bonchev–Trinajstić information content (AvgIpc) is 3.89. The number of hydrogen-bond acceptors (Lipinski definition) is 12. The van der Waals surface area contributed by atoms with Gasteiger partial charge in [-0.05, 0) is 61.1 Å². The number of carbonyl (C=O) groups is 5. The maximum atomic E-state index is 14.0. The van der Waals surface area contributed by atoms with Crippen molar-refractivity contribution in [1.82, 2.24) is 10.3 Å². The summed E-state index contributed by atoms with van der Waals surface area (Å²) in [5, 5.41) is 3.20. The molecule has 0 unspecified atom stereocenters. The highest BCUT2D eigenvalue weighted by molar-refractivity contribution is 5.97. The molecule has 2 heterocycles. The van der Waals surface area contributed by atoms with Gasteiger partial charge in [-0.3, -0.25) is 24.2 Å². The molecule has 2 bridgehead atoms. The number of carbonyl (C=O) groups excluding carboxylic acids is 5. The van der Waals surface area contributed by atoms with E-state index in [1.54, 1.807) is 26.1 Å². The summed E-state index contributed by atoms with van der Waals surface area (Å²) in [5.41, 5.74) is -1.09. The van der Waals surface area contributed by atoms with Gasteiger partial charge in [-0.1, -0.05) is 51.1 Å². The number of nitrogens with one attached hydrogen (secondary N) is 1. The number of allylic oxidation sites excluding steroid dienone is 1. The van der Waals surface area contributed by atoms with Crippen molar-refractivity contribution in [2.45, 2.75) is 103 Å². The first-order valence-corrected chi connectivity index (χ1v) is 17.9. The van der Waals surface area contributed by atoms with E-state index in [-0.39, 0.29) is 36.8 Å². The van der Waals surface area contributed by atoms with Gasteiger partial charge in [0.1, 0.15) is 23.9 Å². The second kappa shape index (κ2) is 14.2. The number of Topliss-reactive ketones (excluding diaryl/α,β-unsaturated/α-hetero) is 1. The molecule has 3 fully saturated rings. The van der Waals surface area contributed by atoms with Gasteiger partial charge in [0.05, 0.1) is 18.6 Å². The van der Waals surface area contributed by atoms with Crippen molar-refractivity contribution in [3.8, 4) is 0 Å². The van der Waals surface area contributed by atoms with Crippen LogP contribution in [0.25, 0.3) is 0 Å². The van der Waals surface area contributed by atoms with Gasteiger partial charge >= 0.3 is 23.9 Å². The summed E-state index contributed by atoms with van der Waals surface area (Å²) >= 11 is 0. The molecule has 4 aliphatic rings. The van der Waals surface area contributed by atoms with E-state index in [1.165, 1.54) is 26.2 Å². The third-order valence-electron chi connectivity index (χ3n) is 11.9. The molecule has 0 amide bonds. The molecule has 6 rings (SSSR count). The molecule has 2 saturated carbocycles. The Kier molecular flexibility index (Phi) is 10.2. The third kappa shape index (κ3) is 6.67. The highest BCUT2D eigenvalue weighted by Gasteiger charge is 2.74. The van der Waals surface area contributed by atoms with E-state index < -0.39 is 76.6 Å². The fourth-order valence-electron chi connectivity index (χ4n) is 9.41. The van der Waals surface area contributed by atoms with Crippen molar-refractivity contribution < 1.29 is 47.7 Å². The number of ether oxygens (including phenoxy) is 5. The van der Waals surface area contributed by atoms with Crippen molar-refractivity contribution in [2.24, 2.45) is 22.7 Å². The number of fused-ring (bicyclic) bond motifs is 4. The number of benzene rings is 1. The molecular weight excluding hydrogens is 668 g/mol. The molecule has 1 spiro atoms. The van der Waals surface area contributed by atoms with E-state index in [0.29, 0.717) is 24.0 Å². The summed E-state index contributed by atoms with van der Waals surface area (Å²) in [6.07, 6.45) is -0.349. The second-order valence-electron chi connectivity index (χ2n) is 15.4. The van der Waals surface area contributed by atoms with Crippen molar-refractivity contribution in [2.75, 3.05) is 13.7 Å². The predicted molar refractivity (Wildman–Crippen MR) is 186 cm³/mol. The molecule has 9 atom stereocenters. The lowest BCUT2D eigenvalue weighted by molar-refractivity contribution is -0.220. The summed E-state index contributed by atoms with van der Waals surface area (Å²) in [6.45, 7) is 10.2. The Balaban J connectivity index is 1.48. The van der Waals surface area contributed by atoms with Crippen molar-refractivity contribution in [3.05, 3.63) is 77.1 Å². The SMILES string of the molecule is CN[C@H](CC(=O)O[C@@H]1CC[C@@]2(C)[C@H](OC(=O)c3cccnc3)[C@@H](OC(C)=O)C3=C(C)C(=O)C[C@@H]([C@H](OC(C)=O)[C@@H]2[C@]12CO2)C3(C)C)c1ccccc1. The number of hydrogen-bond donors (Lipinski definition) is 1. The normalized spacial score (nSPS) is 32.4. The molecule has 12 heteroatoms. The smallest absolute Gasteiger partial charge is 0.340 e. The molecule has 52 heavy (non-hydrogen) atoms. The molecular formula is C40H48N2O10. The van der Waals surface area contributed by atoms with E-state index >= 15 is 0 Å². The summed E-state index contributed by atoms with van der Waals surface area (Å²) in [6, 6.07) is 12.5. The fourth-order valence-corrected chi connectivity index (χ4v) is 9.41. The average molecular weight is 717 g/mol. The highest BCUT2D eigenvalue weighted by atomic mass is 16.6. The maximum Gasteiger partial charge on any atom is 0.340 e. The Morgan fingerprint density at radius 2 is 1.67 bits per heavy atom. The van der Waals surface area contributed by atoms with E-state index in [9.17, 15) is 24.0 Å². The van der Waals surface area contributed by atoms with Crippen LogP contribution in [0.4, 0.5) is 0 Å². The summed E-state index contributed by atoms with van der Waals surface area (Å²) in [5.74, 6) is -3.85. The summed E-state index contributed by atoms with van der Waals surface area (Å²) in [7, 11) is 1.78. The Bertz CT molecular complexity index is 1750. The van der Waals surface area contributed by atoms with Gasteiger partial charge in [0, 0.05) is 56.0 Å². The first-order valence-electron chi connectivity index (χ1n) is 17.9. The molecule has 12 nitrogen and oxygen atoms in total. The zero-order valence-corrected chi connectivity index (χ0v) is 30.8. The molecule has 1 aliphatic heterocycles. The lowest BCUT2D eigenvalue weighted by atomic mass is 9.48. The molecule has 1 aromatic heterocycles. The molecule has 1 N–H and O–H groups in total. The van der Waals surface area contributed by atoms with Gasteiger partial charge in [0.15, 0.2) is 11.9 Å².